The van der Waals surface area contributed by atoms with Gasteiger partial charge >= 0.3 is 0 Å². The molecule has 150 valence electrons. The molecule has 6 heteroatoms. The van der Waals surface area contributed by atoms with Crippen LogP contribution < -0.4 is 15.1 Å². The quantitative estimate of drug-likeness (QED) is 0.823. The molecule has 0 spiro atoms. The number of nitrogens with one attached hydrogen (secondary N) is 1. The molecule has 2 aliphatic heterocycles. The van der Waals surface area contributed by atoms with E-state index in [-0.39, 0.29) is 17.7 Å². The summed E-state index contributed by atoms with van der Waals surface area (Å²) in [5, 5.41) is 2.94. The van der Waals surface area contributed by atoms with Crippen LogP contribution in [-0.4, -0.2) is 30.8 Å². The SMILES string of the molecule is O=C(Cc1ccc(N2CCCC2=O)cc1)NCc1ccc(N2CCCC2=O)cc1. The van der Waals surface area contributed by atoms with Crippen LogP contribution in [0, 0.1) is 0 Å². The molecule has 1 N–H and O–H groups in total. The summed E-state index contributed by atoms with van der Waals surface area (Å²) in [6, 6.07) is 15.4. The lowest BCUT2D eigenvalue weighted by molar-refractivity contribution is -0.120. The van der Waals surface area contributed by atoms with E-state index in [4.69, 9.17) is 0 Å². The molecular weight excluding hydrogens is 366 g/mol. The maximum absolute atomic E-state index is 12.3. The highest BCUT2D eigenvalue weighted by Crippen LogP contribution is 2.22. The number of nitrogens with zero attached hydrogens (tertiary/aromatic N) is 2. The number of amides is 3. The predicted molar refractivity (Wildman–Crippen MR) is 112 cm³/mol. The van der Waals surface area contributed by atoms with Gasteiger partial charge in [0.05, 0.1) is 6.42 Å². The first kappa shape index (κ1) is 19.2. The zero-order valence-corrected chi connectivity index (χ0v) is 16.4. The third-order valence-corrected chi connectivity index (χ3v) is 5.50. The summed E-state index contributed by atoms with van der Waals surface area (Å²) in [6.07, 6.45) is 3.34. The molecule has 2 heterocycles. The molecule has 2 aromatic carbocycles. The van der Waals surface area contributed by atoms with Gasteiger partial charge in [0.15, 0.2) is 0 Å². The minimum atomic E-state index is -0.0474. The lowest BCUT2D eigenvalue weighted by Gasteiger charge is -2.16. The van der Waals surface area contributed by atoms with Gasteiger partial charge in [0.1, 0.15) is 0 Å². The van der Waals surface area contributed by atoms with E-state index in [1.54, 1.807) is 4.90 Å². The van der Waals surface area contributed by atoms with Crippen molar-refractivity contribution >= 4 is 29.1 Å². The molecule has 6 nitrogen and oxygen atoms in total. The number of rotatable bonds is 6. The van der Waals surface area contributed by atoms with E-state index in [9.17, 15) is 14.4 Å². The Labute approximate surface area is 170 Å². The molecule has 0 aliphatic carbocycles. The Kier molecular flexibility index (Phi) is 5.60. The van der Waals surface area contributed by atoms with E-state index in [2.05, 4.69) is 5.32 Å². The summed E-state index contributed by atoms with van der Waals surface area (Å²) >= 11 is 0. The molecule has 0 unspecified atom stereocenters. The van der Waals surface area contributed by atoms with E-state index in [0.717, 1.165) is 48.4 Å². The summed E-state index contributed by atoms with van der Waals surface area (Å²) in [7, 11) is 0. The molecule has 2 fully saturated rings. The minimum Gasteiger partial charge on any atom is -0.352 e. The molecule has 0 bridgehead atoms. The Hall–Kier alpha value is -3.15. The van der Waals surface area contributed by atoms with Crippen molar-refractivity contribution in [3.8, 4) is 0 Å². The average Bonchev–Trinajstić information content (AvgIpc) is 3.35. The number of hydrogen-bond acceptors (Lipinski definition) is 3. The third-order valence-electron chi connectivity index (χ3n) is 5.50. The number of carbonyl (C=O) groups excluding carboxylic acids is 3. The molecule has 0 aromatic heterocycles. The molecule has 2 aliphatic rings. The van der Waals surface area contributed by atoms with Crippen molar-refractivity contribution in [1.82, 2.24) is 5.32 Å². The van der Waals surface area contributed by atoms with Crippen molar-refractivity contribution in [1.29, 1.82) is 0 Å². The van der Waals surface area contributed by atoms with Crippen LogP contribution in [0.2, 0.25) is 0 Å². The van der Waals surface area contributed by atoms with Crippen LogP contribution in [0.5, 0.6) is 0 Å². The molecule has 3 amide bonds. The third kappa shape index (κ3) is 4.47. The summed E-state index contributed by atoms with van der Waals surface area (Å²) in [5.41, 5.74) is 3.73. The Bertz CT molecular complexity index is 906. The van der Waals surface area contributed by atoms with Crippen LogP contribution in [0.4, 0.5) is 11.4 Å². The molecule has 0 atom stereocenters. The molecule has 4 rings (SSSR count). The maximum Gasteiger partial charge on any atom is 0.227 e. The van der Waals surface area contributed by atoms with Crippen LogP contribution in [0.1, 0.15) is 36.8 Å². The van der Waals surface area contributed by atoms with E-state index < -0.39 is 0 Å². The summed E-state index contributed by atoms with van der Waals surface area (Å²) in [6.45, 7) is 2.00. The normalized spacial score (nSPS) is 16.6. The standard InChI is InChI=1S/C23H25N3O3/c27-21(15-17-5-9-19(10-6-17)25-13-1-3-22(25)28)24-16-18-7-11-20(12-8-18)26-14-2-4-23(26)29/h5-12H,1-4,13-16H2,(H,24,27). The second-order valence-electron chi connectivity index (χ2n) is 7.58. The van der Waals surface area contributed by atoms with Gasteiger partial charge in [-0.2, -0.15) is 0 Å². The second kappa shape index (κ2) is 8.47. The Morgan fingerprint density at radius 3 is 1.69 bits per heavy atom. The predicted octanol–water partition coefficient (Wildman–Crippen LogP) is 2.80. The largest absolute Gasteiger partial charge is 0.352 e. The fraction of sp³-hybridized carbons (Fsp3) is 0.348. The second-order valence-corrected chi connectivity index (χ2v) is 7.58. The summed E-state index contributed by atoms with van der Waals surface area (Å²) in [5.74, 6) is 0.288. The van der Waals surface area contributed by atoms with Crippen LogP contribution in [-0.2, 0) is 27.3 Å². The van der Waals surface area contributed by atoms with Gasteiger partial charge in [-0.3, -0.25) is 14.4 Å². The molecular formula is C23H25N3O3. The molecule has 29 heavy (non-hydrogen) atoms. The van der Waals surface area contributed by atoms with Gasteiger partial charge in [-0.05, 0) is 48.2 Å². The highest BCUT2D eigenvalue weighted by atomic mass is 16.2. The lowest BCUT2D eigenvalue weighted by atomic mass is 10.1. The van der Waals surface area contributed by atoms with Gasteiger partial charge in [0, 0.05) is 43.9 Å². The minimum absolute atomic E-state index is 0.0474. The van der Waals surface area contributed by atoms with E-state index in [0.29, 0.717) is 25.8 Å². The molecule has 2 saturated heterocycles. The van der Waals surface area contributed by atoms with Gasteiger partial charge in [-0.1, -0.05) is 24.3 Å². The van der Waals surface area contributed by atoms with Crippen molar-refractivity contribution in [3.63, 3.8) is 0 Å². The van der Waals surface area contributed by atoms with Crippen LogP contribution in [0.25, 0.3) is 0 Å². The number of benzene rings is 2. The number of carbonyl (C=O) groups is 3. The van der Waals surface area contributed by atoms with Crippen LogP contribution in [0.15, 0.2) is 48.5 Å². The first-order valence-electron chi connectivity index (χ1n) is 10.2. The summed E-state index contributed by atoms with van der Waals surface area (Å²) < 4.78 is 0. The van der Waals surface area contributed by atoms with Crippen molar-refractivity contribution in [2.45, 2.75) is 38.6 Å². The zero-order valence-electron chi connectivity index (χ0n) is 16.4. The Morgan fingerprint density at radius 2 is 1.24 bits per heavy atom. The van der Waals surface area contributed by atoms with Crippen LogP contribution in [0.3, 0.4) is 0 Å². The van der Waals surface area contributed by atoms with Gasteiger partial charge in [-0.15, -0.1) is 0 Å². The lowest BCUT2D eigenvalue weighted by Crippen LogP contribution is -2.25. The maximum atomic E-state index is 12.3. The number of hydrogen-bond donors (Lipinski definition) is 1. The highest BCUT2D eigenvalue weighted by Gasteiger charge is 2.22. The van der Waals surface area contributed by atoms with Gasteiger partial charge < -0.3 is 15.1 Å². The van der Waals surface area contributed by atoms with Gasteiger partial charge in [-0.25, -0.2) is 0 Å². The topological polar surface area (TPSA) is 69.7 Å². The van der Waals surface area contributed by atoms with Crippen molar-refractivity contribution in [3.05, 3.63) is 59.7 Å². The van der Waals surface area contributed by atoms with Crippen molar-refractivity contribution in [2.75, 3.05) is 22.9 Å². The monoisotopic (exact) mass is 391 g/mol. The zero-order chi connectivity index (χ0) is 20.2. The van der Waals surface area contributed by atoms with E-state index >= 15 is 0 Å². The van der Waals surface area contributed by atoms with Gasteiger partial charge in [0.25, 0.3) is 0 Å². The summed E-state index contributed by atoms with van der Waals surface area (Å²) in [4.78, 5) is 39.5. The van der Waals surface area contributed by atoms with Crippen LogP contribution >= 0.6 is 0 Å². The Balaban J connectivity index is 1.27. The number of anilines is 2. The van der Waals surface area contributed by atoms with E-state index in [1.165, 1.54) is 0 Å². The van der Waals surface area contributed by atoms with Gasteiger partial charge in [0.2, 0.25) is 17.7 Å². The van der Waals surface area contributed by atoms with Crippen molar-refractivity contribution in [2.24, 2.45) is 0 Å². The highest BCUT2D eigenvalue weighted by molar-refractivity contribution is 5.96. The smallest absolute Gasteiger partial charge is 0.227 e. The fourth-order valence-corrected chi connectivity index (χ4v) is 3.88. The first-order valence-corrected chi connectivity index (χ1v) is 10.2. The molecule has 2 aromatic rings. The van der Waals surface area contributed by atoms with E-state index in [1.807, 2.05) is 53.4 Å². The average molecular weight is 391 g/mol. The Morgan fingerprint density at radius 1 is 0.759 bits per heavy atom. The fourth-order valence-electron chi connectivity index (χ4n) is 3.88. The van der Waals surface area contributed by atoms with Crippen molar-refractivity contribution < 1.29 is 14.4 Å². The molecule has 0 radical (unpaired) electrons. The first-order chi connectivity index (χ1) is 14.1. The molecule has 0 saturated carbocycles.